The molecule has 0 radical (unpaired) electrons. The number of rotatable bonds is 14. The summed E-state index contributed by atoms with van der Waals surface area (Å²) in [5.74, 6) is -2.74. The summed E-state index contributed by atoms with van der Waals surface area (Å²) in [5.41, 5.74) is 0.570. The lowest BCUT2D eigenvalue weighted by atomic mass is 9.99. The number of carbonyl (C=O) groups is 3. The average molecular weight is 469 g/mol. The molecule has 0 heterocycles. The van der Waals surface area contributed by atoms with Crippen LogP contribution in [0.25, 0.3) is 0 Å². The number of nitrogens with one attached hydrogen (secondary N) is 1. The van der Waals surface area contributed by atoms with Crippen molar-refractivity contribution in [3.05, 3.63) is 28.7 Å². The van der Waals surface area contributed by atoms with Gasteiger partial charge in [-0.05, 0) is 37.5 Å². The number of aliphatic carboxylic acids is 1. The third kappa shape index (κ3) is 9.92. The number of amides is 2. The SMILES string of the molecule is CCCCCN(CCCCC)C(=O)C(CCC(=O)O)C(=O)Nc1cccc(Br)c1. The van der Waals surface area contributed by atoms with Gasteiger partial charge in [0.15, 0.2) is 0 Å². The largest absolute Gasteiger partial charge is 0.481 e. The summed E-state index contributed by atoms with van der Waals surface area (Å²) in [6.07, 6.45) is 5.65. The monoisotopic (exact) mass is 468 g/mol. The van der Waals surface area contributed by atoms with Crippen molar-refractivity contribution in [2.75, 3.05) is 18.4 Å². The molecule has 0 bridgehead atoms. The van der Waals surface area contributed by atoms with Gasteiger partial charge in [0.05, 0.1) is 0 Å². The standard InChI is InChI=1S/C22H33BrN2O4/c1-3-5-7-14-25(15-8-6-4-2)22(29)19(12-13-20(26)27)21(28)24-18-11-9-10-17(23)16-18/h9-11,16,19H,3-8,12-15H2,1-2H3,(H,24,28)(H,26,27). The summed E-state index contributed by atoms with van der Waals surface area (Å²) >= 11 is 3.36. The number of carbonyl (C=O) groups excluding carboxylic acids is 2. The van der Waals surface area contributed by atoms with Gasteiger partial charge in [0.25, 0.3) is 0 Å². The molecular formula is C22H33BrN2O4. The minimum atomic E-state index is -1.01. The number of carboxylic acids is 1. The van der Waals surface area contributed by atoms with E-state index in [1.54, 1.807) is 23.1 Å². The van der Waals surface area contributed by atoms with Crippen LogP contribution in [0.5, 0.6) is 0 Å². The maximum Gasteiger partial charge on any atom is 0.303 e. The van der Waals surface area contributed by atoms with E-state index in [-0.39, 0.29) is 18.7 Å². The van der Waals surface area contributed by atoms with Crippen LogP contribution >= 0.6 is 15.9 Å². The van der Waals surface area contributed by atoms with E-state index in [1.807, 2.05) is 6.07 Å². The van der Waals surface area contributed by atoms with Gasteiger partial charge in [-0.2, -0.15) is 0 Å². The van der Waals surface area contributed by atoms with Crippen LogP contribution in [0, 0.1) is 5.92 Å². The van der Waals surface area contributed by atoms with Gasteiger partial charge in [-0.1, -0.05) is 61.5 Å². The van der Waals surface area contributed by atoms with Crippen LogP contribution < -0.4 is 5.32 Å². The highest BCUT2D eigenvalue weighted by Crippen LogP contribution is 2.19. The van der Waals surface area contributed by atoms with Crippen LogP contribution in [0.4, 0.5) is 5.69 Å². The van der Waals surface area contributed by atoms with E-state index in [9.17, 15) is 14.4 Å². The molecule has 7 heteroatoms. The molecule has 29 heavy (non-hydrogen) atoms. The fourth-order valence-corrected chi connectivity index (χ4v) is 3.49. The summed E-state index contributed by atoms with van der Waals surface area (Å²) in [7, 11) is 0. The van der Waals surface area contributed by atoms with E-state index in [0.717, 1.165) is 43.0 Å². The Kier molecular flexibility index (Phi) is 12.3. The Morgan fingerprint density at radius 1 is 1.07 bits per heavy atom. The minimum absolute atomic E-state index is 0.00788. The van der Waals surface area contributed by atoms with Crippen LogP contribution in [-0.2, 0) is 14.4 Å². The van der Waals surface area contributed by atoms with E-state index in [4.69, 9.17) is 5.11 Å². The van der Waals surface area contributed by atoms with Gasteiger partial charge in [-0.25, -0.2) is 0 Å². The highest BCUT2D eigenvalue weighted by Gasteiger charge is 2.31. The average Bonchev–Trinajstić information content (AvgIpc) is 2.66. The molecule has 162 valence electrons. The maximum atomic E-state index is 13.2. The predicted octanol–water partition coefficient (Wildman–Crippen LogP) is 5.08. The highest BCUT2D eigenvalue weighted by molar-refractivity contribution is 9.10. The Morgan fingerprint density at radius 2 is 1.69 bits per heavy atom. The van der Waals surface area contributed by atoms with Crippen molar-refractivity contribution in [2.45, 2.75) is 65.2 Å². The van der Waals surface area contributed by atoms with E-state index >= 15 is 0 Å². The molecule has 1 aromatic carbocycles. The maximum absolute atomic E-state index is 13.2. The highest BCUT2D eigenvalue weighted by atomic mass is 79.9. The summed E-state index contributed by atoms with van der Waals surface area (Å²) < 4.78 is 0.810. The third-order valence-corrected chi connectivity index (χ3v) is 5.22. The van der Waals surface area contributed by atoms with Crippen molar-refractivity contribution in [3.8, 4) is 0 Å². The number of hydrogen-bond acceptors (Lipinski definition) is 3. The fourth-order valence-electron chi connectivity index (χ4n) is 3.09. The van der Waals surface area contributed by atoms with Gasteiger partial charge in [-0.15, -0.1) is 0 Å². The molecular weight excluding hydrogens is 436 g/mol. The minimum Gasteiger partial charge on any atom is -0.481 e. The molecule has 0 saturated heterocycles. The molecule has 0 aliphatic carbocycles. The molecule has 1 unspecified atom stereocenters. The Balaban J connectivity index is 2.94. The topological polar surface area (TPSA) is 86.7 Å². The molecule has 0 aliphatic rings. The Morgan fingerprint density at radius 3 is 2.21 bits per heavy atom. The number of unbranched alkanes of at least 4 members (excludes halogenated alkanes) is 4. The first-order chi connectivity index (χ1) is 13.9. The zero-order valence-corrected chi connectivity index (χ0v) is 19.0. The fraction of sp³-hybridized carbons (Fsp3) is 0.591. The van der Waals surface area contributed by atoms with Crippen LogP contribution in [0.15, 0.2) is 28.7 Å². The number of carboxylic acid groups (broad SMARTS) is 1. The molecule has 1 atom stereocenters. The quantitative estimate of drug-likeness (QED) is 0.294. The number of hydrogen-bond donors (Lipinski definition) is 2. The summed E-state index contributed by atoms with van der Waals surface area (Å²) in [4.78, 5) is 38.9. The van der Waals surface area contributed by atoms with Crippen molar-refractivity contribution in [1.29, 1.82) is 0 Å². The van der Waals surface area contributed by atoms with Gasteiger partial charge in [0.2, 0.25) is 11.8 Å². The molecule has 6 nitrogen and oxygen atoms in total. The van der Waals surface area contributed by atoms with E-state index in [2.05, 4.69) is 35.1 Å². The van der Waals surface area contributed by atoms with Crippen molar-refractivity contribution in [2.24, 2.45) is 5.92 Å². The van der Waals surface area contributed by atoms with Gasteiger partial charge in [-0.3, -0.25) is 14.4 Å². The predicted molar refractivity (Wildman–Crippen MR) is 119 cm³/mol. The van der Waals surface area contributed by atoms with Crippen LogP contribution in [-0.4, -0.2) is 40.9 Å². The zero-order chi connectivity index (χ0) is 21.6. The molecule has 0 aromatic heterocycles. The van der Waals surface area contributed by atoms with Gasteiger partial charge < -0.3 is 15.3 Å². The second-order valence-electron chi connectivity index (χ2n) is 7.22. The first kappa shape index (κ1) is 25.1. The van der Waals surface area contributed by atoms with Crippen molar-refractivity contribution in [1.82, 2.24) is 4.90 Å². The summed E-state index contributed by atoms with van der Waals surface area (Å²) in [6.45, 7) is 5.41. The molecule has 0 aliphatic heterocycles. The normalized spacial score (nSPS) is 11.7. The lowest BCUT2D eigenvalue weighted by Crippen LogP contribution is -2.42. The second kappa shape index (κ2) is 14.1. The second-order valence-corrected chi connectivity index (χ2v) is 8.14. The molecule has 0 spiro atoms. The Labute approximate surface area is 182 Å². The molecule has 1 aromatic rings. The molecule has 2 N–H and O–H groups in total. The van der Waals surface area contributed by atoms with Crippen LogP contribution in [0.2, 0.25) is 0 Å². The Bertz CT molecular complexity index is 656. The molecule has 0 fully saturated rings. The smallest absolute Gasteiger partial charge is 0.303 e. The number of anilines is 1. The third-order valence-electron chi connectivity index (χ3n) is 4.73. The molecule has 1 rings (SSSR count). The van der Waals surface area contributed by atoms with Gasteiger partial charge in [0.1, 0.15) is 5.92 Å². The molecule has 0 saturated carbocycles. The number of nitrogens with zero attached hydrogens (tertiary/aromatic N) is 1. The Hall–Kier alpha value is -1.89. The lowest BCUT2D eigenvalue weighted by molar-refractivity contribution is -0.142. The van der Waals surface area contributed by atoms with Crippen molar-refractivity contribution in [3.63, 3.8) is 0 Å². The summed E-state index contributed by atoms with van der Waals surface area (Å²) in [6, 6.07) is 7.11. The van der Waals surface area contributed by atoms with E-state index in [0.29, 0.717) is 18.8 Å². The van der Waals surface area contributed by atoms with Crippen LogP contribution in [0.1, 0.15) is 65.2 Å². The van der Waals surface area contributed by atoms with Gasteiger partial charge in [0, 0.05) is 29.7 Å². The number of halogens is 1. The first-order valence-electron chi connectivity index (χ1n) is 10.5. The zero-order valence-electron chi connectivity index (χ0n) is 17.5. The van der Waals surface area contributed by atoms with Crippen molar-refractivity contribution >= 4 is 39.4 Å². The summed E-state index contributed by atoms with van der Waals surface area (Å²) in [5, 5.41) is 11.8. The van der Waals surface area contributed by atoms with Gasteiger partial charge >= 0.3 is 5.97 Å². The first-order valence-corrected chi connectivity index (χ1v) is 11.2. The molecule has 2 amide bonds. The van der Waals surface area contributed by atoms with Crippen molar-refractivity contribution < 1.29 is 19.5 Å². The number of benzene rings is 1. The van der Waals surface area contributed by atoms with E-state index < -0.39 is 17.8 Å². The van der Waals surface area contributed by atoms with E-state index in [1.165, 1.54) is 0 Å². The van der Waals surface area contributed by atoms with Crippen LogP contribution in [0.3, 0.4) is 0 Å². The lowest BCUT2D eigenvalue weighted by Gasteiger charge is -2.27.